The fourth-order valence-corrected chi connectivity index (χ4v) is 2.45. The summed E-state index contributed by atoms with van der Waals surface area (Å²) in [6.07, 6.45) is 8.16. The van der Waals surface area contributed by atoms with Crippen LogP contribution in [-0.2, 0) is 0 Å². The Kier molecular flexibility index (Phi) is 2.43. The molecule has 74 valence electrons. The molecule has 0 atom stereocenters. The summed E-state index contributed by atoms with van der Waals surface area (Å²) in [5, 5.41) is 3.81. The third-order valence-corrected chi connectivity index (χ3v) is 3.71. The molecule has 2 saturated carbocycles. The van der Waals surface area contributed by atoms with E-state index >= 15 is 0 Å². The SMILES string of the molecule is NNC(=S)NC1CCC2(CC1)CC2. The van der Waals surface area contributed by atoms with Crippen molar-refractivity contribution >= 4 is 17.3 Å². The van der Waals surface area contributed by atoms with Gasteiger partial charge in [0.05, 0.1) is 0 Å². The lowest BCUT2D eigenvalue weighted by molar-refractivity contribution is 0.292. The van der Waals surface area contributed by atoms with E-state index in [0.29, 0.717) is 11.2 Å². The summed E-state index contributed by atoms with van der Waals surface area (Å²) in [6.45, 7) is 0. The maximum absolute atomic E-state index is 5.20. The summed E-state index contributed by atoms with van der Waals surface area (Å²) in [6, 6.07) is 0.551. The average Bonchev–Trinajstić information content (AvgIpc) is 2.90. The van der Waals surface area contributed by atoms with Gasteiger partial charge in [-0.25, -0.2) is 5.84 Å². The molecule has 0 radical (unpaired) electrons. The van der Waals surface area contributed by atoms with Gasteiger partial charge in [0.1, 0.15) is 0 Å². The van der Waals surface area contributed by atoms with Crippen LogP contribution in [0.5, 0.6) is 0 Å². The first kappa shape index (κ1) is 9.21. The number of rotatable bonds is 1. The van der Waals surface area contributed by atoms with E-state index < -0.39 is 0 Å². The van der Waals surface area contributed by atoms with E-state index in [1.54, 1.807) is 0 Å². The van der Waals surface area contributed by atoms with Crippen LogP contribution in [-0.4, -0.2) is 11.2 Å². The Labute approximate surface area is 84.4 Å². The number of hydrogen-bond acceptors (Lipinski definition) is 2. The molecule has 1 spiro atoms. The first-order chi connectivity index (χ1) is 6.24. The van der Waals surface area contributed by atoms with E-state index in [0.717, 1.165) is 5.41 Å². The van der Waals surface area contributed by atoms with Crippen molar-refractivity contribution in [3.8, 4) is 0 Å². The Balaban J connectivity index is 1.74. The molecule has 4 heteroatoms. The highest BCUT2D eigenvalue weighted by Crippen LogP contribution is 2.55. The molecule has 2 rings (SSSR count). The van der Waals surface area contributed by atoms with Crippen molar-refractivity contribution in [2.45, 2.75) is 44.6 Å². The van der Waals surface area contributed by atoms with Gasteiger partial charge in [-0.2, -0.15) is 0 Å². The molecule has 0 unspecified atom stereocenters. The van der Waals surface area contributed by atoms with Crippen molar-refractivity contribution < 1.29 is 0 Å². The van der Waals surface area contributed by atoms with Gasteiger partial charge >= 0.3 is 0 Å². The fourth-order valence-electron chi connectivity index (χ4n) is 2.28. The van der Waals surface area contributed by atoms with Crippen molar-refractivity contribution in [2.24, 2.45) is 11.3 Å². The Hall–Kier alpha value is -0.350. The third-order valence-electron chi connectivity index (χ3n) is 3.47. The molecule has 3 nitrogen and oxygen atoms in total. The Morgan fingerprint density at radius 2 is 1.85 bits per heavy atom. The molecule has 2 aliphatic rings. The van der Waals surface area contributed by atoms with Gasteiger partial charge < -0.3 is 10.7 Å². The highest BCUT2D eigenvalue weighted by molar-refractivity contribution is 7.80. The zero-order valence-corrected chi connectivity index (χ0v) is 8.62. The van der Waals surface area contributed by atoms with Gasteiger partial charge in [0.2, 0.25) is 0 Å². The average molecular weight is 199 g/mol. The fraction of sp³-hybridized carbons (Fsp3) is 0.889. The van der Waals surface area contributed by atoms with Gasteiger partial charge in [-0.1, -0.05) is 0 Å². The Morgan fingerprint density at radius 3 is 2.31 bits per heavy atom. The van der Waals surface area contributed by atoms with Crippen LogP contribution in [0.15, 0.2) is 0 Å². The smallest absolute Gasteiger partial charge is 0.180 e. The van der Waals surface area contributed by atoms with Gasteiger partial charge in [0.15, 0.2) is 5.11 Å². The maximum atomic E-state index is 5.20. The molecule has 0 aliphatic heterocycles. The third kappa shape index (κ3) is 2.11. The lowest BCUT2D eigenvalue weighted by atomic mass is 9.83. The van der Waals surface area contributed by atoms with Crippen LogP contribution in [0.25, 0.3) is 0 Å². The van der Waals surface area contributed by atoms with Gasteiger partial charge in [0, 0.05) is 6.04 Å². The molecule has 2 fully saturated rings. The summed E-state index contributed by atoms with van der Waals surface area (Å²) >= 11 is 4.96. The van der Waals surface area contributed by atoms with Crippen LogP contribution in [0, 0.1) is 5.41 Å². The second-order valence-corrected chi connectivity index (χ2v) is 4.80. The minimum Gasteiger partial charge on any atom is -0.359 e. The van der Waals surface area contributed by atoms with E-state index in [4.69, 9.17) is 18.1 Å². The van der Waals surface area contributed by atoms with Gasteiger partial charge in [-0.3, -0.25) is 0 Å². The lowest BCUT2D eigenvalue weighted by Crippen LogP contribution is -2.46. The largest absolute Gasteiger partial charge is 0.359 e. The minimum absolute atomic E-state index is 0.551. The molecule has 2 aliphatic carbocycles. The summed E-state index contributed by atoms with van der Waals surface area (Å²) < 4.78 is 0. The number of nitrogens with one attached hydrogen (secondary N) is 2. The monoisotopic (exact) mass is 199 g/mol. The van der Waals surface area contributed by atoms with Gasteiger partial charge in [-0.05, 0) is 56.2 Å². The van der Waals surface area contributed by atoms with Crippen molar-refractivity contribution in [3.05, 3.63) is 0 Å². The first-order valence-electron chi connectivity index (χ1n) is 5.01. The summed E-state index contributed by atoms with van der Waals surface area (Å²) in [5.41, 5.74) is 3.23. The van der Waals surface area contributed by atoms with Crippen LogP contribution in [0.2, 0.25) is 0 Å². The van der Waals surface area contributed by atoms with Crippen LogP contribution in [0.3, 0.4) is 0 Å². The second kappa shape index (κ2) is 3.42. The van der Waals surface area contributed by atoms with Crippen LogP contribution in [0.4, 0.5) is 0 Å². The van der Waals surface area contributed by atoms with E-state index in [-0.39, 0.29) is 0 Å². The maximum Gasteiger partial charge on any atom is 0.180 e. The van der Waals surface area contributed by atoms with E-state index in [2.05, 4.69) is 10.7 Å². The van der Waals surface area contributed by atoms with E-state index in [1.165, 1.54) is 38.5 Å². The number of thiocarbonyl (C=S) groups is 1. The highest BCUT2D eigenvalue weighted by Gasteiger charge is 2.44. The van der Waals surface area contributed by atoms with Crippen LogP contribution < -0.4 is 16.6 Å². The van der Waals surface area contributed by atoms with Crippen molar-refractivity contribution in [1.29, 1.82) is 0 Å². The topological polar surface area (TPSA) is 50.1 Å². The number of nitrogens with two attached hydrogens (primary N) is 1. The summed E-state index contributed by atoms with van der Waals surface area (Å²) in [7, 11) is 0. The molecular weight excluding hydrogens is 182 g/mol. The zero-order chi connectivity index (χ0) is 9.31. The highest BCUT2D eigenvalue weighted by atomic mass is 32.1. The summed E-state index contributed by atoms with van der Waals surface area (Å²) in [5.74, 6) is 5.20. The minimum atomic E-state index is 0.551. The molecule has 0 aromatic rings. The standard InChI is InChI=1S/C9H17N3S/c10-12-8(13)11-7-1-3-9(4-2-7)5-6-9/h7H,1-6,10H2,(H2,11,12,13). The normalized spacial score (nSPS) is 25.6. The Bertz CT molecular complexity index is 203. The molecule has 0 amide bonds. The predicted octanol–water partition coefficient (Wildman–Crippen LogP) is 1.05. The number of hydrogen-bond donors (Lipinski definition) is 3. The molecule has 0 bridgehead atoms. The van der Waals surface area contributed by atoms with Crippen molar-refractivity contribution in [1.82, 2.24) is 10.7 Å². The molecule has 4 N–H and O–H groups in total. The molecule has 0 saturated heterocycles. The van der Waals surface area contributed by atoms with Gasteiger partial charge in [0.25, 0.3) is 0 Å². The van der Waals surface area contributed by atoms with Crippen LogP contribution >= 0.6 is 12.2 Å². The molecule has 13 heavy (non-hydrogen) atoms. The van der Waals surface area contributed by atoms with Crippen molar-refractivity contribution in [2.75, 3.05) is 0 Å². The van der Waals surface area contributed by atoms with Crippen LogP contribution in [0.1, 0.15) is 38.5 Å². The predicted molar refractivity (Wildman–Crippen MR) is 57.0 cm³/mol. The summed E-state index contributed by atoms with van der Waals surface area (Å²) in [4.78, 5) is 0. The second-order valence-electron chi connectivity index (χ2n) is 4.39. The Morgan fingerprint density at radius 1 is 1.23 bits per heavy atom. The molecule has 0 aromatic carbocycles. The zero-order valence-electron chi connectivity index (χ0n) is 7.81. The molecule has 0 heterocycles. The van der Waals surface area contributed by atoms with Gasteiger partial charge in [-0.15, -0.1) is 0 Å². The quantitative estimate of drug-likeness (QED) is 0.336. The molecule has 0 aromatic heterocycles. The van der Waals surface area contributed by atoms with Crippen molar-refractivity contribution in [3.63, 3.8) is 0 Å². The van der Waals surface area contributed by atoms with E-state index in [9.17, 15) is 0 Å². The first-order valence-corrected chi connectivity index (χ1v) is 5.42. The van der Waals surface area contributed by atoms with E-state index in [1.807, 2.05) is 0 Å². The molecular formula is C9H17N3S. The number of hydrazine groups is 1. The lowest BCUT2D eigenvalue weighted by Gasteiger charge is -2.29.